The van der Waals surface area contributed by atoms with E-state index in [4.69, 9.17) is 3.73 Å². The minimum absolute atomic E-state index is 0.276. The van der Waals surface area contributed by atoms with Crippen molar-refractivity contribution in [2.24, 2.45) is 7.05 Å². The van der Waals surface area contributed by atoms with Crippen molar-refractivity contribution in [1.82, 2.24) is 25.2 Å². The number of carbonyl (C=O) groups is 1. The van der Waals surface area contributed by atoms with Gasteiger partial charge in [-0.25, -0.2) is 0 Å². The van der Waals surface area contributed by atoms with Gasteiger partial charge in [-0.1, -0.05) is 0 Å². The molecular formula is C21H25AsN6O3. The molecule has 0 saturated carbocycles. The number of pyridine rings is 1. The van der Waals surface area contributed by atoms with Gasteiger partial charge in [0.2, 0.25) is 0 Å². The predicted octanol–water partition coefficient (Wildman–Crippen LogP) is 2.68. The van der Waals surface area contributed by atoms with Gasteiger partial charge < -0.3 is 0 Å². The maximum atomic E-state index is 11.7. The number of aromatic nitrogens is 5. The van der Waals surface area contributed by atoms with E-state index in [9.17, 15) is 9.90 Å². The minimum atomic E-state index is -0.998. The predicted molar refractivity (Wildman–Crippen MR) is 118 cm³/mol. The monoisotopic (exact) mass is 484 g/mol. The molecule has 1 amide bonds. The summed E-state index contributed by atoms with van der Waals surface area (Å²) in [6.07, 6.45) is 1.81. The summed E-state index contributed by atoms with van der Waals surface area (Å²) >= 11 is -0.710. The summed E-state index contributed by atoms with van der Waals surface area (Å²) in [6, 6.07) is 15.2. The Kier molecular flexibility index (Phi) is 8.43. The van der Waals surface area contributed by atoms with Gasteiger partial charge in [-0.2, -0.15) is 0 Å². The summed E-state index contributed by atoms with van der Waals surface area (Å²) in [5, 5.41) is 21.4. The van der Waals surface area contributed by atoms with Crippen LogP contribution in [0.4, 0.5) is 10.6 Å². The van der Waals surface area contributed by atoms with Crippen LogP contribution in [0.15, 0.2) is 48.5 Å². The number of hydrogen-bond donors (Lipinski definition) is 1. The van der Waals surface area contributed by atoms with E-state index >= 15 is 0 Å². The van der Waals surface area contributed by atoms with Gasteiger partial charge in [0.05, 0.1) is 0 Å². The summed E-state index contributed by atoms with van der Waals surface area (Å²) in [4.78, 5) is 17.5. The second-order valence-corrected chi connectivity index (χ2v) is 8.70. The molecule has 9 nitrogen and oxygen atoms in total. The summed E-state index contributed by atoms with van der Waals surface area (Å²) < 4.78 is 8.61. The van der Waals surface area contributed by atoms with Crippen LogP contribution >= 0.6 is 0 Å². The fourth-order valence-corrected chi connectivity index (χ4v) is 4.72. The van der Waals surface area contributed by atoms with Crippen molar-refractivity contribution in [1.29, 1.82) is 0 Å². The van der Waals surface area contributed by atoms with Gasteiger partial charge in [0.1, 0.15) is 0 Å². The van der Waals surface area contributed by atoms with Gasteiger partial charge in [-0.15, -0.1) is 0 Å². The SMILES string of the molecule is CCCCCN(C(=O)O)c1cccc(CO[As]=C(c2ccccc2)c2nnnn2C)n1. The van der Waals surface area contributed by atoms with E-state index in [-0.39, 0.29) is 6.61 Å². The number of unbranched alkanes of at least 4 members (excludes halogenated alkanes) is 2. The van der Waals surface area contributed by atoms with Crippen LogP contribution in [0.3, 0.4) is 0 Å². The van der Waals surface area contributed by atoms with E-state index in [0.29, 0.717) is 23.9 Å². The fraction of sp³-hybridized carbons (Fsp3) is 0.333. The van der Waals surface area contributed by atoms with Crippen molar-refractivity contribution in [3.05, 3.63) is 65.6 Å². The standard InChI is InChI=1S/C21H25AsN6O3/c1-3-4-8-14-28(21(29)30)18-13-9-12-17(23-18)15-31-22-19(16-10-6-5-7-11-16)20-24-25-26-27(20)2/h5-7,9-13H,3-4,8,14-15H2,1-2H3,(H,29,30). The van der Waals surface area contributed by atoms with Crippen LogP contribution in [0.25, 0.3) is 0 Å². The molecule has 162 valence electrons. The molecule has 3 aromatic rings. The Morgan fingerprint density at radius 3 is 2.65 bits per heavy atom. The number of hydrogen-bond acceptors (Lipinski definition) is 6. The first-order valence-corrected chi connectivity index (χ1v) is 11.7. The van der Waals surface area contributed by atoms with Crippen molar-refractivity contribution < 1.29 is 13.6 Å². The zero-order chi connectivity index (χ0) is 22.1. The van der Waals surface area contributed by atoms with Crippen LogP contribution in [0.2, 0.25) is 0 Å². The van der Waals surface area contributed by atoms with Gasteiger partial charge in [0, 0.05) is 0 Å². The molecule has 0 saturated heterocycles. The van der Waals surface area contributed by atoms with Crippen LogP contribution in [0, 0.1) is 0 Å². The van der Waals surface area contributed by atoms with Crippen LogP contribution < -0.4 is 4.90 Å². The van der Waals surface area contributed by atoms with E-state index in [0.717, 1.165) is 29.1 Å². The molecule has 0 spiro atoms. The molecule has 0 aliphatic carbocycles. The third-order valence-corrected chi connectivity index (χ3v) is 6.42. The molecule has 1 aromatic carbocycles. The van der Waals surface area contributed by atoms with E-state index in [2.05, 4.69) is 27.4 Å². The van der Waals surface area contributed by atoms with E-state index in [1.807, 2.05) is 42.5 Å². The number of amides is 1. The van der Waals surface area contributed by atoms with Gasteiger partial charge in [-0.3, -0.25) is 0 Å². The van der Waals surface area contributed by atoms with Crippen molar-refractivity contribution in [3.8, 4) is 0 Å². The molecule has 1 N–H and O–H groups in total. The molecule has 0 radical (unpaired) electrons. The van der Waals surface area contributed by atoms with E-state index < -0.39 is 21.7 Å². The second kappa shape index (κ2) is 11.5. The molecule has 0 aliphatic rings. The first-order valence-electron chi connectivity index (χ1n) is 10.0. The molecule has 10 heteroatoms. The Morgan fingerprint density at radius 1 is 1.16 bits per heavy atom. The zero-order valence-corrected chi connectivity index (χ0v) is 19.4. The normalized spacial score (nSPS) is 11.5. The molecule has 0 bridgehead atoms. The number of tetrazole rings is 1. The topological polar surface area (TPSA) is 106 Å². The third kappa shape index (κ3) is 6.29. The van der Waals surface area contributed by atoms with Crippen molar-refractivity contribution in [2.45, 2.75) is 32.8 Å². The van der Waals surface area contributed by atoms with Gasteiger partial charge in [-0.05, 0) is 0 Å². The third-order valence-electron chi connectivity index (χ3n) is 4.53. The van der Waals surface area contributed by atoms with Crippen LogP contribution in [0.1, 0.15) is 43.3 Å². The molecule has 0 aliphatic heterocycles. The Bertz CT molecular complexity index is 1020. The van der Waals surface area contributed by atoms with Crippen LogP contribution in [-0.4, -0.2) is 62.9 Å². The molecule has 3 rings (SSSR count). The van der Waals surface area contributed by atoms with E-state index in [1.165, 1.54) is 4.90 Å². The van der Waals surface area contributed by atoms with Crippen molar-refractivity contribution >= 4 is 31.9 Å². The average Bonchev–Trinajstić information content (AvgIpc) is 3.20. The van der Waals surface area contributed by atoms with Crippen LogP contribution in [-0.2, 0) is 17.4 Å². The molecule has 0 atom stereocenters. The summed E-state index contributed by atoms with van der Waals surface area (Å²) in [6.45, 7) is 2.79. The first-order chi connectivity index (χ1) is 15.1. The van der Waals surface area contributed by atoms with Gasteiger partial charge in [0.15, 0.2) is 0 Å². The maximum absolute atomic E-state index is 11.7. The molecule has 0 unspecified atom stereocenters. The van der Waals surface area contributed by atoms with Gasteiger partial charge in [0.25, 0.3) is 0 Å². The Morgan fingerprint density at radius 2 is 1.97 bits per heavy atom. The molecule has 2 aromatic heterocycles. The molecule has 2 heterocycles. The van der Waals surface area contributed by atoms with Crippen molar-refractivity contribution in [3.63, 3.8) is 0 Å². The number of rotatable bonds is 10. The second-order valence-electron chi connectivity index (χ2n) is 6.83. The summed E-state index contributed by atoms with van der Waals surface area (Å²) in [7, 11) is 1.80. The number of anilines is 1. The number of nitrogens with zero attached hydrogens (tertiary/aromatic N) is 6. The Hall–Kier alpha value is -2.90. The van der Waals surface area contributed by atoms with Gasteiger partial charge >= 0.3 is 188 Å². The van der Waals surface area contributed by atoms with E-state index in [1.54, 1.807) is 17.8 Å². The average molecular weight is 484 g/mol. The summed E-state index contributed by atoms with van der Waals surface area (Å²) in [5.41, 5.74) is 1.69. The Labute approximate surface area is 187 Å². The summed E-state index contributed by atoms with van der Waals surface area (Å²) in [5.74, 6) is 1.09. The van der Waals surface area contributed by atoms with Crippen molar-refractivity contribution in [2.75, 3.05) is 11.4 Å². The zero-order valence-electron chi connectivity index (χ0n) is 17.5. The Balaban J connectivity index is 1.76. The molecule has 31 heavy (non-hydrogen) atoms. The van der Waals surface area contributed by atoms with Crippen LogP contribution in [0.5, 0.6) is 0 Å². The molecule has 0 fully saturated rings. The number of carboxylic acid groups (broad SMARTS) is 1. The fourth-order valence-electron chi connectivity index (χ4n) is 2.94. The quantitative estimate of drug-likeness (QED) is 0.348. The number of aryl methyl sites for hydroxylation is 1. The first kappa shape index (κ1) is 22.8. The number of benzene rings is 1. The molecular weight excluding hydrogens is 459 g/mol.